The second-order valence-electron chi connectivity index (χ2n) is 4.25. The summed E-state index contributed by atoms with van der Waals surface area (Å²) in [6.45, 7) is 3.68. The number of ketones is 1. The SMILES string of the molecule is Cc1cc(F)ccc1C(=O)CCCC(C)N. The molecule has 0 bridgehead atoms. The Balaban J connectivity index is 2.59. The third kappa shape index (κ3) is 3.74. The number of carbonyl (C=O) groups is 1. The molecule has 16 heavy (non-hydrogen) atoms. The molecule has 2 N–H and O–H groups in total. The fourth-order valence-corrected chi connectivity index (χ4v) is 1.66. The molecule has 0 aliphatic rings. The molecule has 2 nitrogen and oxygen atoms in total. The summed E-state index contributed by atoms with van der Waals surface area (Å²) in [6, 6.07) is 4.39. The van der Waals surface area contributed by atoms with Crippen molar-refractivity contribution in [3.8, 4) is 0 Å². The summed E-state index contributed by atoms with van der Waals surface area (Å²) >= 11 is 0. The highest BCUT2D eigenvalue weighted by Gasteiger charge is 2.09. The summed E-state index contributed by atoms with van der Waals surface area (Å²) in [7, 11) is 0. The summed E-state index contributed by atoms with van der Waals surface area (Å²) in [5.41, 5.74) is 6.92. The first-order chi connectivity index (χ1) is 7.50. The van der Waals surface area contributed by atoms with Crippen molar-refractivity contribution in [1.82, 2.24) is 0 Å². The molecule has 0 aliphatic carbocycles. The monoisotopic (exact) mass is 223 g/mol. The molecular weight excluding hydrogens is 205 g/mol. The number of nitrogens with two attached hydrogens (primary N) is 1. The van der Waals surface area contributed by atoms with Gasteiger partial charge in [0.25, 0.3) is 0 Å². The average molecular weight is 223 g/mol. The van der Waals surface area contributed by atoms with Gasteiger partial charge in [0, 0.05) is 18.0 Å². The molecule has 0 spiro atoms. The van der Waals surface area contributed by atoms with Crippen molar-refractivity contribution in [2.24, 2.45) is 5.73 Å². The lowest BCUT2D eigenvalue weighted by Crippen LogP contribution is -2.15. The Hall–Kier alpha value is -1.22. The summed E-state index contributed by atoms with van der Waals surface area (Å²) in [5, 5.41) is 0. The average Bonchev–Trinajstić information content (AvgIpc) is 2.16. The maximum absolute atomic E-state index is 12.8. The fourth-order valence-electron chi connectivity index (χ4n) is 1.66. The Morgan fingerprint density at radius 3 is 2.75 bits per heavy atom. The van der Waals surface area contributed by atoms with Crippen LogP contribution < -0.4 is 5.73 Å². The minimum Gasteiger partial charge on any atom is -0.328 e. The molecule has 1 unspecified atom stereocenters. The molecule has 1 aromatic carbocycles. The predicted octanol–water partition coefficient (Wildman–Crippen LogP) is 2.83. The van der Waals surface area contributed by atoms with Gasteiger partial charge in [0.1, 0.15) is 5.82 Å². The first-order valence-corrected chi connectivity index (χ1v) is 5.55. The van der Waals surface area contributed by atoms with Gasteiger partial charge in [-0.15, -0.1) is 0 Å². The molecule has 0 aliphatic heterocycles. The summed E-state index contributed by atoms with van der Waals surface area (Å²) < 4.78 is 12.8. The topological polar surface area (TPSA) is 43.1 Å². The van der Waals surface area contributed by atoms with Crippen molar-refractivity contribution in [1.29, 1.82) is 0 Å². The van der Waals surface area contributed by atoms with Crippen molar-refractivity contribution in [2.75, 3.05) is 0 Å². The minimum absolute atomic E-state index is 0.0677. The first-order valence-electron chi connectivity index (χ1n) is 5.55. The number of hydrogen-bond donors (Lipinski definition) is 1. The van der Waals surface area contributed by atoms with Gasteiger partial charge in [0.15, 0.2) is 5.78 Å². The van der Waals surface area contributed by atoms with E-state index in [1.165, 1.54) is 12.1 Å². The second-order valence-corrected chi connectivity index (χ2v) is 4.25. The highest BCUT2D eigenvalue weighted by molar-refractivity contribution is 5.97. The molecule has 1 aromatic rings. The summed E-state index contributed by atoms with van der Waals surface area (Å²) in [6.07, 6.45) is 2.10. The molecule has 88 valence electrons. The van der Waals surface area contributed by atoms with Crippen LogP contribution in [0.25, 0.3) is 0 Å². The Morgan fingerprint density at radius 2 is 2.19 bits per heavy atom. The number of Topliss-reactive ketones (excluding diaryl/α,β-unsaturated/α-hetero) is 1. The Morgan fingerprint density at radius 1 is 1.50 bits per heavy atom. The molecule has 0 radical (unpaired) electrons. The zero-order chi connectivity index (χ0) is 12.1. The molecule has 0 aromatic heterocycles. The van der Waals surface area contributed by atoms with Crippen LogP contribution in [-0.4, -0.2) is 11.8 Å². The van der Waals surface area contributed by atoms with Crippen molar-refractivity contribution in [2.45, 2.75) is 39.2 Å². The van der Waals surface area contributed by atoms with Gasteiger partial charge in [-0.1, -0.05) is 0 Å². The smallest absolute Gasteiger partial charge is 0.163 e. The largest absolute Gasteiger partial charge is 0.328 e. The van der Waals surface area contributed by atoms with Gasteiger partial charge < -0.3 is 5.73 Å². The molecule has 3 heteroatoms. The van der Waals surface area contributed by atoms with Crippen molar-refractivity contribution in [3.05, 3.63) is 35.1 Å². The number of rotatable bonds is 5. The van der Waals surface area contributed by atoms with E-state index in [1.54, 1.807) is 13.0 Å². The lowest BCUT2D eigenvalue weighted by atomic mass is 10.00. The Kier molecular flexibility index (Phi) is 4.62. The van der Waals surface area contributed by atoms with Crippen LogP contribution in [0.4, 0.5) is 4.39 Å². The van der Waals surface area contributed by atoms with Gasteiger partial charge in [-0.2, -0.15) is 0 Å². The van der Waals surface area contributed by atoms with E-state index in [4.69, 9.17) is 5.73 Å². The normalized spacial score (nSPS) is 12.5. The van der Waals surface area contributed by atoms with Crippen LogP contribution in [-0.2, 0) is 0 Å². The highest BCUT2D eigenvalue weighted by atomic mass is 19.1. The minimum atomic E-state index is -0.301. The van der Waals surface area contributed by atoms with Crippen LogP contribution in [0, 0.1) is 12.7 Å². The van der Waals surface area contributed by atoms with Crippen LogP contribution in [0.1, 0.15) is 42.1 Å². The van der Waals surface area contributed by atoms with Gasteiger partial charge in [-0.3, -0.25) is 4.79 Å². The van der Waals surface area contributed by atoms with Gasteiger partial charge >= 0.3 is 0 Å². The van der Waals surface area contributed by atoms with E-state index in [-0.39, 0.29) is 17.6 Å². The van der Waals surface area contributed by atoms with Gasteiger partial charge in [0.2, 0.25) is 0 Å². The maximum atomic E-state index is 12.8. The van der Waals surface area contributed by atoms with E-state index in [9.17, 15) is 9.18 Å². The lowest BCUT2D eigenvalue weighted by Gasteiger charge is -2.06. The van der Waals surface area contributed by atoms with Crippen LogP contribution in [0.15, 0.2) is 18.2 Å². The van der Waals surface area contributed by atoms with Gasteiger partial charge in [0.05, 0.1) is 0 Å². The summed E-state index contributed by atoms with van der Waals surface area (Å²) in [5.74, 6) is -0.234. The van der Waals surface area contributed by atoms with Crippen molar-refractivity contribution >= 4 is 5.78 Å². The first kappa shape index (κ1) is 12.8. The number of benzene rings is 1. The lowest BCUT2D eigenvalue weighted by molar-refractivity contribution is 0.0978. The standard InChI is InChI=1S/C13H18FNO/c1-9-8-11(14)6-7-12(9)13(16)5-3-4-10(2)15/h6-8,10H,3-5,15H2,1-2H3. The van der Waals surface area contributed by atoms with Gasteiger partial charge in [-0.25, -0.2) is 4.39 Å². The summed E-state index contributed by atoms with van der Waals surface area (Å²) in [4.78, 5) is 11.8. The van der Waals surface area contributed by atoms with E-state index in [0.717, 1.165) is 12.8 Å². The number of hydrogen-bond acceptors (Lipinski definition) is 2. The van der Waals surface area contributed by atoms with E-state index < -0.39 is 0 Å². The molecule has 1 rings (SSSR count). The van der Waals surface area contributed by atoms with Crippen molar-refractivity contribution < 1.29 is 9.18 Å². The molecule has 0 heterocycles. The zero-order valence-corrected chi connectivity index (χ0v) is 9.79. The zero-order valence-electron chi connectivity index (χ0n) is 9.79. The van der Waals surface area contributed by atoms with Crippen molar-refractivity contribution in [3.63, 3.8) is 0 Å². The molecule has 1 atom stereocenters. The number of halogens is 1. The predicted molar refractivity (Wildman–Crippen MR) is 63.0 cm³/mol. The third-order valence-electron chi connectivity index (χ3n) is 2.55. The Bertz CT molecular complexity index is 374. The van der Waals surface area contributed by atoms with Gasteiger partial charge in [-0.05, 0) is 50.5 Å². The molecule has 0 saturated heterocycles. The number of aryl methyl sites for hydroxylation is 1. The molecule has 0 saturated carbocycles. The van der Waals surface area contributed by atoms with E-state index in [1.807, 2.05) is 6.92 Å². The van der Waals surface area contributed by atoms with Crippen LogP contribution in [0.2, 0.25) is 0 Å². The number of carbonyl (C=O) groups excluding carboxylic acids is 1. The fraction of sp³-hybridized carbons (Fsp3) is 0.462. The quantitative estimate of drug-likeness (QED) is 0.780. The molecular formula is C13H18FNO. The van der Waals surface area contributed by atoms with E-state index >= 15 is 0 Å². The molecule has 0 amide bonds. The van der Waals surface area contributed by atoms with Crippen LogP contribution >= 0.6 is 0 Å². The Labute approximate surface area is 95.7 Å². The van der Waals surface area contributed by atoms with Crippen LogP contribution in [0.5, 0.6) is 0 Å². The highest BCUT2D eigenvalue weighted by Crippen LogP contribution is 2.14. The van der Waals surface area contributed by atoms with E-state index in [2.05, 4.69) is 0 Å². The third-order valence-corrected chi connectivity index (χ3v) is 2.55. The second kappa shape index (κ2) is 5.75. The van der Waals surface area contributed by atoms with E-state index in [0.29, 0.717) is 17.5 Å². The maximum Gasteiger partial charge on any atom is 0.163 e. The molecule has 0 fully saturated rings. The van der Waals surface area contributed by atoms with Crippen LogP contribution in [0.3, 0.4) is 0 Å².